The van der Waals surface area contributed by atoms with Crippen molar-refractivity contribution in [1.29, 1.82) is 0 Å². The predicted molar refractivity (Wildman–Crippen MR) is 74.9 cm³/mol. The third-order valence-electron chi connectivity index (χ3n) is 3.15. The zero-order chi connectivity index (χ0) is 12.5. The van der Waals surface area contributed by atoms with Gasteiger partial charge in [-0.2, -0.15) is 0 Å². The Kier molecular flexibility index (Phi) is 3.10. The second kappa shape index (κ2) is 4.75. The molecule has 4 heteroatoms. The molecule has 2 aromatic rings. The van der Waals surface area contributed by atoms with Gasteiger partial charge in [0.2, 0.25) is 0 Å². The van der Waals surface area contributed by atoms with Crippen molar-refractivity contribution < 1.29 is 0 Å². The lowest BCUT2D eigenvalue weighted by Crippen LogP contribution is -2.18. The van der Waals surface area contributed by atoms with Crippen LogP contribution in [0.25, 0.3) is 11.7 Å². The Hall–Kier alpha value is -1.32. The normalized spacial score (nSPS) is 16.4. The fourth-order valence-electron chi connectivity index (χ4n) is 1.99. The van der Waals surface area contributed by atoms with E-state index in [9.17, 15) is 0 Å². The van der Waals surface area contributed by atoms with Crippen LogP contribution in [0.4, 0.5) is 0 Å². The molecule has 1 saturated carbocycles. The first-order valence-corrected chi connectivity index (χ1v) is 6.65. The third-order valence-corrected chi connectivity index (χ3v) is 3.43. The minimum Gasteiger partial charge on any atom is -0.310 e. The van der Waals surface area contributed by atoms with Crippen molar-refractivity contribution in [1.82, 2.24) is 14.7 Å². The van der Waals surface area contributed by atoms with Crippen LogP contribution in [0.15, 0.2) is 30.0 Å². The van der Waals surface area contributed by atoms with Crippen LogP contribution >= 0.6 is 11.6 Å². The van der Waals surface area contributed by atoms with E-state index in [1.165, 1.54) is 18.4 Å². The van der Waals surface area contributed by atoms with E-state index in [1.54, 1.807) is 0 Å². The lowest BCUT2D eigenvalue weighted by molar-refractivity contribution is 0.735. The molecule has 2 heterocycles. The molecule has 3 nitrogen and oxygen atoms in total. The van der Waals surface area contributed by atoms with E-state index >= 15 is 0 Å². The van der Waals surface area contributed by atoms with Gasteiger partial charge in [-0.25, -0.2) is 4.98 Å². The van der Waals surface area contributed by atoms with Crippen LogP contribution < -0.4 is 5.32 Å². The highest BCUT2D eigenvalue weighted by Gasteiger charge is 2.19. The van der Waals surface area contributed by atoms with Gasteiger partial charge in [0.05, 0.1) is 5.69 Å². The molecular weight excluding hydrogens is 246 g/mol. The summed E-state index contributed by atoms with van der Waals surface area (Å²) in [6, 6.07) is 6.64. The van der Waals surface area contributed by atoms with Crippen molar-refractivity contribution in [2.24, 2.45) is 0 Å². The van der Waals surface area contributed by atoms with Gasteiger partial charge in [0.25, 0.3) is 0 Å². The first kappa shape index (κ1) is 11.8. The number of hydrogen-bond donors (Lipinski definition) is 1. The number of rotatable bonds is 4. The molecule has 2 aromatic heterocycles. The number of hydrogen-bond acceptors (Lipinski definition) is 2. The van der Waals surface area contributed by atoms with Crippen molar-refractivity contribution in [3.63, 3.8) is 0 Å². The first-order chi connectivity index (χ1) is 8.74. The Morgan fingerprint density at radius 1 is 1.56 bits per heavy atom. The Morgan fingerprint density at radius 3 is 3.17 bits per heavy atom. The largest absolute Gasteiger partial charge is 0.310 e. The smallest absolute Gasteiger partial charge is 0.155 e. The molecule has 1 aliphatic rings. The molecule has 0 spiro atoms. The van der Waals surface area contributed by atoms with E-state index in [4.69, 9.17) is 11.6 Å². The molecule has 0 saturated heterocycles. The predicted octanol–water partition coefficient (Wildman–Crippen LogP) is 3.14. The van der Waals surface area contributed by atoms with Crippen LogP contribution in [-0.2, 0) is 0 Å². The molecule has 0 amide bonds. The highest BCUT2D eigenvalue weighted by atomic mass is 35.5. The van der Waals surface area contributed by atoms with Gasteiger partial charge < -0.3 is 5.32 Å². The minimum atomic E-state index is 0.562. The molecule has 3 rings (SSSR count). The molecule has 94 valence electrons. The van der Waals surface area contributed by atoms with Gasteiger partial charge in [-0.3, -0.25) is 4.40 Å². The molecule has 0 aromatic carbocycles. The Balaban J connectivity index is 1.87. The van der Waals surface area contributed by atoms with Gasteiger partial charge in [-0.15, -0.1) is 0 Å². The molecule has 0 unspecified atom stereocenters. The fraction of sp³-hybridized carbons (Fsp3) is 0.357. The average Bonchev–Trinajstić information content (AvgIpc) is 3.14. The van der Waals surface area contributed by atoms with Gasteiger partial charge in [-0.1, -0.05) is 23.2 Å². The summed E-state index contributed by atoms with van der Waals surface area (Å²) in [4.78, 5) is 4.34. The number of fused-ring (bicyclic) bond motifs is 1. The summed E-state index contributed by atoms with van der Waals surface area (Å²) in [5, 5.41) is 4.06. The fourth-order valence-corrected chi connectivity index (χ4v) is 2.22. The molecule has 0 bridgehead atoms. The first-order valence-electron chi connectivity index (χ1n) is 6.27. The van der Waals surface area contributed by atoms with Crippen molar-refractivity contribution in [3.8, 4) is 0 Å². The summed E-state index contributed by atoms with van der Waals surface area (Å²) in [6.45, 7) is 3.04. The Bertz CT molecular complexity index is 596. The summed E-state index contributed by atoms with van der Waals surface area (Å²) < 4.78 is 2.02. The zero-order valence-corrected chi connectivity index (χ0v) is 11.1. The van der Waals surface area contributed by atoms with E-state index in [-0.39, 0.29) is 0 Å². The number of halogens is 1. The van der Waals surface area contributed by atoms with Crippen molar-refractivity contribution >= 4 is 23.3 Å². The number of nitrogens with one attached hydrogen (secondary N) is 1. The number of pyridine rings is 1. The quantitative estimate of drug-likeness (QED) is 0.916. The summed E-state index contributed by atoms with van der Waals surface area (Å²) in [5.74, 6) is 0. The van der Waals surface area contributed by atoms with Crippen LogP contribution in [0.1, 0.15) is 25.5 Å². The topological polar surface area (TPSA) is 29.3 Å². The molecule has 0 atom stereocenters. The Labute approximate surface area is 111 Å². The van der Waals surface area contributed by atoms with Crippen LogP contribution in [0.2, 0.25) is 5.15 Å². The van der Waals surface area contributed by atoms with Crippen LogP contribution in [0.5, 0.6) is 0 Å². The third kappa shape index (κ3) is 2.42. The van der Waals surface area contributed by atoms with Crippen molar-refractivity contribution in [3.05, 3.63) is 40.8 Å². The maximum absolute atomic E-state index is 6.19. The molecule has 1 fully saturated rings. The SMILES string of the molecule is CC(=Cc1c(Cl)nc2ccccn12)CNC1CC1. The lowest BCUT2D eigenvalue weighted by atomic mass is 10.2. The summed E-state index contributed by atoms with van der Waals surface area (Å²) in [7, 11) is 0. The van der Waals surface area contributed by atoms with Gasteiger partial charge >= 0.3 is 0 Å². The van der Waals surface area contributed by atoms with Gasteiger partial charge in [0, 0.05) is 18.8 Å². The second-order valence-electron chi connectivity index (χ2n) is 4.86. The van der Waals surface area contributed by atoms with Crippen molar-refractivity contribution in [2.45, 2.75) is 25.8 Å². The molecule has 1 N–H and O–H groups in total. The summed E-state index contributed by atoms with van der Waals surface area (Å²) in [5.41, 5.74) is 3.12. The van der Waals surface area contributed by atoms with Crippen LogP contribution in [0.3, 0.4) is 0 Å². The number of aromatic nitrogens is 2. The van der Waals surface area contributed by atoms with E-state index in [0.717, 1.165) is 23.9 Å². The zero-order valence-electron chi connectivity index (χ0n) is 10.4. The van der Waals surface area contributed by atoms with E-state index in [0.29, 0.717) is 5.15 Å². The minimum absolute atomic E-state index is 0.562. The standard InChI is InChI=1S/C14H16ClN3/c1-10(9-16-11-5-6-11)8-12-14(15)17-13-4-2-3-7-18(12)13/h2-4,7-8,11,16H,5-6,9H2,1H3. The van der Waals surface area contributed by atoms with E-state index in [1.807, 2.05) is 28.8 Å². The molecule has 0 radical (unpaired) electrons. The highest BCUT2D eigenvalue weighted by Crippen LogP contribution is 2.21. The molecule has 1 aliphatic carbocycles. The highest BCUT2D eigenvalue weighted by molar-refractivity contribution is 6.31. The van der Waals surface area contributed by atoms with Crippen molar-refractivity contribution in [2.75, 3.05) is 6.54 Å². The number of imidazole rings is 1. The summed E-state index contributed by atoms with van der Waals surface area (Å²) >= 11 is 6.19. The summed E-state index contributed by atoms with van der Waals surface area (Å²) in [6.07, 6.45) is 6.71. The van der Waals surface area contributed by atoms with E-state index in [2.05, 4.69) is 23.3 Å². The molecule has 0 aliphatic heterocycles. The van der Waals surface area contributed by atoms with E-state index < -0.39 is 0 Å². The molecule has 18 heavy (non-hydrogen) atoms. The lowest BCUT2D eigenvalue weighted by Gasteiger charge is -2.03. The maximum atomic E-state index is 6.19. The number of nitrogens with zero attached hydrogens (tertiary/aromatic N) is 2. The van der Waals surface area contributed by atoms with Crippen LogP contribution in [0, 0.1) is 0 Å². The van der Waals surface area contributed by atoms with Crippen LogP contribution in [-0.4, -0.2) is 22.0 Å². The maximum Gasteiger partial charge on any atom is 0.155 e. The van der Waals surface area contributed by atoms with Gasteiger partial charge in [-0.05, 0) is 38.0 Å². The average molecular weight is 262 g/mol. The monoisotopic (exact) mass is 261 g/mol. The second-order valence-corrected chi connectivity index (χ2v) is 5.22. The van der Waals surface area contributed by atoms with Gasteiger partial charge in [0.15, 0.2) is 5.15 Å². The molecular formula is C14H16ClN3. The Morgan fingerprint density at radius 2 is 2.39 bits per heavy atom. The van der Waals surface area contributed by atoms with Gasteiger partial charge in [0.1, 0.15) is 5.65 Å².